The standard InChI is InChI=1S/C7H16.C5F12/c1-3-5-7-6-4-2;6-1(7,2(8,9)4(12,13)14)3(10,11)5(15,16)17/h3-7H2,1-2H3;. The zero-order chi connectivity index (χ0) is 20.0. The minimum absolute atomic E-state index is 1.36. The molecule has 0 fully saturated rings. The Hall–Kier alpha value is -0.840. The van der Waals surface area contributed by atoms with Crippen molar-refractivity contribution in [2.24, 2.45) is 0 Å². The first-order valence-corrected chi connectivity index (χ1v) is 6.68. The maximum Gasteiger partial charge on any atom is 0.460 e. The number of alkyl halides is 12. The normalized spacial score (nSPS) is 14.2. The van der Waals surface area contributed by atoms with Gasteiger partial charge < -0.3 is 0 Å². The first-order chi connectivity index (χ1) is 10.4. The maximum absolute atomic E-state index is 12.0. The highest BCUT2D eigenvalue weighted by molar-refractivity contribution is 5.03. The van der Waals surface area contributed by atoms with Crippen molar-refractivity contribution >= 4 is 0 Å². The number of unbranched alkanes of at least 4 members (excludes halogenated alkanes) is 4. The van der Waals surface area contributed by atoms with Crippen molar-refractivity contribution in [3.05, 3.63) is 0 Å². The molecule has 148 valence electrons. The summed E-state index contributed by atoms with van der Waals surface area (Å²) in [5, 5.41) is 0. The molecule has 0 aliphatic heterocycles. The average molecular weight is 388 g/mol. The van der Waals surface area contributed by atoms with Crippen molar-refractivity contribution in [1.29, 1.82) is 0 Å². The van der Waals surface area contributed by atoms with Crippen LogP contribution < -0.4 is 0 Å². The predicted octanol–water partition coefficient (Wildman–Crippen LogP) is 6.99. The van der Waals surface area contributed by atoms with Gasteiger partial charge in [-0.1, -0.05) is 46.0 Å². The van der Waals surface area contributed by atoms with Crippen LogP contribution in [-0.2, 0) is 0 Å². The van der Waals surface area contributed by atoms with Crippen molar-refractivity contribution in [2.75, 3.05) is 0 Å². The molecule has 0 aliphatic rings. The lowest BCUT2D eigenvalue weighted by molar-refractivity contribution is -0.438. The molecule has 0 N–H and O–H groups in total. The highest BCUT2D eigenvalue weighted by atomic mass is 19.4. The summed E-state index contributed by atoms with van der Waals surface area (Å²) >= 11 is 0. The summed E-state index contributed by atoms with van der Waals surface area (Å²) < 4.78 is 139. The van der Waals surface area contributed by atoms with E-state index < -0.39 is 30.1 Å². The molecule has 0 saturated carbocycles. The van der Waals surface area contributed by atoms with Crippen LogP contribution in [-0.4, -0.2) is 30.1 Å². The van der Waals surface area contributed by atoms with Gasteiger partial charge in [0.1, 0.15) is 0 Å². The molecule has 0 aromatic heterocycles. The van der Waals surface area contributed by atoms with Crippen LogP contribution in [0.5, 0.6) is 0 Å². The fraction of sp³-hybridized carbons (Fsp3) is 1.00. The summed E-state index contributed by atoms with van der Waals surface area (Å²) in [6, 6.07) is 0. The Bertz CT molecular complexity index is 320. The van der Waals surface area contributed by atoms with Crippen LogP contribution in [0.1, 0.15) is 46.0 Å². The zero-order valence-corrected chi connectivity index (χ0v) is 12.6. The average Bonchev–Trinajstić information content (AvgIpc) is 2.37. The molecule has 0 amide bonds. The van der Waals surface area contributed by atoms with E-state index in [0.29, 0.717) is 0 Å². The quantitative estimate of drug-likeness (QED) is 0.340. The molecule has 24 heavy (non-hydrogen) atoms. The first kappa shape index (κ1) is 25.4. The van der Waals surface area contributed by atoms with E-state index >= 15 is 0 Å². The summed E-state index contributed by atoms with van der Waals surface area (Å²) in [5.74, 6) is -22.7. The molecule has 0 spiro atoms. The molecule has 0 bridgehead atoms. The number of hydrogen-bond donors (Lipinski definition) is 0. The third-order valence-electron chi connectivity index (χ3n) is 2.71. The fourth-order valence-corrected chi connectivity index (χ4v) is 1.23. The monoisotopic (exact) mass is 388 g/mol. The van der Waals surface area contributed by atoms with Gasteiger partial charge in [-0.25, -0.2) is 0 Å². The van der Waals surface area contributed by atoms with E-state index in [-0.39, 0.29) is 0 Å². The van der Waals surface area contributed by atoms with Gasteiger partial charge in [-0.3, -0.25) is 0 Å². The number of hydrogen-bond acceptors (Lipinski definition) is 0. The van der Waals surface area contributed by atoms with Gasteiger partial charge in [-0.15, -0.1) is 0 Å². The second kappa shape index (κ2) is 8.50. The van der Waals surface area contributed by atoms with Gasteiger partial charge in [0.2, 0.25) is 0 Å². The maximum atomic E-state index is 12.0. The van der Waals surface area contributed by atoms with Gasteiger partial charge in [-0.2, -0.15) is 52.7 Å². The fourth-order valence-electron chi connectivity index (χ4n) is 1.23. The zero-order valence-electron chi connectivity index (χ0n) is 12.6. The Morgan fingerprint density at radius 2 is 0.667 bits per heavy atom. The van der Waals surface area contributed by atoms with Crippen LogP contribution in [0.15, 0.2) is 0 Å². The Kier molecular flexibility index (Phi) is 9.00. The van der Waals surface area contributed by atoms with E-state index in [1.54, 1.807) is 0 Å². The summed E-state index contributed by atoms with van der Waals surface area (Å²) in [6.07, 6.45) is -7.51. The van der Waals surface area contributed by atoms with E-state index in [0.717, 1.165) is 0 Å². The molecule has 12 heteroatoms. The van der Waals surface area contributed by atoms with Crippen molar-refractivity contribution in [3.8, 4) is 0 Å². The molecular weight excluding hydrogens is 372 g/mol. The molecule has 0 aliphatic carbocycles. The minimum atomic E-state index is -7.66. The molecule has 0 heterocycles. The van der Waals surface area contributed by atoms with Gasteiger partial charge in [0.15, 0.2) is 0 Å². The third kappa shape index (κ3) is 5.61. The largest absolute Gasteiger partial charge is 0.460 e. The molecule has 0 atom stereocenters. The van der Waals surface area contributed by atoms with Crippen LogP contribution in [0, 0.1) is 0 Å². The highest BCUT2D eigenvalue weighted by Crippen LogP contribution is 2.57. The smallest absolute Gasteiger partial charge is 0.192 e. The lowest BCUT2D eigenvalue weighted by atomic mass is 10.0. The third-order valence-corrected chi connectivity index (χ3v) is 2.71. The molecule has 0 aromatic rings. The lowest BCUT2D eigenvalue weighted by Gasteiger charge is -2.34. The molecule has 0 rings (SSSR count). The lowest BCUT2D eigenvalue weighted by Crippen LogP contribution is -2.65. The Labute approximate surface area is 130 Å². The number of rotatable bonds is 6. The molecule has 0 radical (unpaired) electrons. The topological polar surface area (TPSA) is 0 Å². The van der Waals surface area contributed by atoms with Crippen LogP contribution in [0.3, 0.4) is 0 Å². The minimum Gasteiger partial charge on any atom is -0.192 e. The van der Waals surface area contributed by atoms with Crippen molar-refractivity contribution < 1.29 is 52.7 Å². The number of halogens is 12. The van der Waals surface area contributed by atoms with E-state index in [9.17, 15) is 52.7 Å². The predicted molar refractivity (Wildman–Crippen MR) is 61.4 cm³/mol. The summed E-state index contributed by atoms with van der Waals surface area (Å²) in [5.41, 5.74) is 0. The molecule has 0 saturated heterocycles. The summed E-state index contributed by atoms with van der Waals surface area (Å²) in [4.78, 5) is 0. The van der Waals surface area contributed by atoms with Gasteiger partial charge in [-0.05, 0) is 0 Å². The van der Waals surface area contributed by atoms with Gasteiger partial charge in [0, 0.05) is 0 Å². The first-order valence-electron chi connectivity index (χ1n) is 6.68. The SMILES string of the molecule is CCCCCCC.FC(F)(F)C(F)(F)C(F)(F)C(F)(F)C(F)(F)F. The van der Waals surface area contributed by atoms with E-state index in [1.807, 2.05) is 0 Å². The van der Waals surface area contributed by atoms with Crippen molar-refractivity contribution in [2.45, 2.75) is 76.1 Å². The van der Waals surface area contributed by atoms with Crippen LogP contribution in [0.25, 0.3) is 0 Å². The molecule has 0 nitrogen and oxygen atoms in total. The molecular formula is C12H16F12. The van der Waals surface area contributed by atoms with Crippen molar-refractivity contribution in [3.63, 3.8) is 0 Å². The van der Waals surface area contributed by atoms with Crippen molar-refractivity contribution in [1.82, 2.24) is 0 Å². The van der Waals surface area contributed by atoms with Gasteiger partial charge >= 0.3 is 30.1 Å². The van der Waals surface area contributed by atoms with Crippen LogP contribution in [0.2, 0.25) is 0 Å². The van der Waals surface area contributed by atoms with Gasteiger partial charge in [0.25, 0.3) is 0 Å². The Balaban J connectivity index is 0. The van der Waals surface area contributed by atoms with E-state index in [4.69, 9.17) is 0 Å². The molecule has 0 aromatic carbocycles. The second-order valence-corrected chi connectivity index (χ2v) is 4.78. The van der Waals surface area contributed by atoms with Crippen LogP contribution >= 0.6 is 0 Å². The Morgan fingerprint density at radius 3 is 0.833 bits per heavy atom. The molecule has 0 unspecified atom stereocenters. The highest BCUT2D eigenvalue weighted by Gasteiger charge is 2.88. The summed E-state index contributed by atoms with van der Waals surface area (Å²) in [7, 11) is 0. The van der Waals surface area contributed by atoms with Crippen LogP contribution in [0.4, 0.5) is 52.7 Å². The van der Waals surface area contributed by atoms with Gasteiger partial charge in [0.05, 0.1) is 0 Å². The summed E-state index contributed by atoms with van der Waals surface area (Å²) in [6.45, 7) is 4.49. The second-order valence-electron chi connectivity index (χ2n) is 4.78. The Morgan fingerprint density at radius 1 is 0.417 bits per heavy atom. The van der Waals surface area contributed by atoms with E-state index in [2.05, 4.69) is 13.8 Å². The van der Waals surface area contributed by atoms with E-state index in [1.165, 1.54) is 32.1 Å².